The van der Waals surface area contributed by atoms with Crippen LogP contribution in [0, 0.1) is 10.1 Å². The summed E-state index contributed by atoms with van der Waals surface area (Å²) in [6.45, 7) is 2.28. The summed E-state index contributed by atoms with van der Waals surface area (Å²) < 4.78 is 1.00. The van der Waals surface area contributed by atoms with Crippen molar-refractivity contribution in [2.75, 3.05) is 19.6 Å². The molecule has 0 spiro atoms. The number of hydrogen-bond donors (Lipinski definition) is 1. The molecular weight excluding hydrogens is 396 g/mol. The van der Waals surface area contributed by atoms with Gasteiger partial charge >= 0.3 is 0 Å². The van der Waals surface area contributed by atoms with Gasteiger partial charge in [0.2, 0.25) is 0 Å². The third-order valence-electron chi connectivity index (χ3n) is 4.86. The van der Waals surface area contributed by atoms with Gasteiger partial charge < -0.3 is 5.11 Å². The summed E-state index contributed by atoms with van der Waals surface area (Å²) in [6.07, 6.45) is 5.10. The van der Waals surface area contributed by atoms with Crippen LogP contribution in [0.5, 0.6) is 0 Å². The van der Waals surface area contributed by atoms with Gasteiger partial charge in [-0.05, 0) is 36.6 Å². The second-order valence-corrected chi connectivity index (χ2v) is 7.47. The molecule has 0 saturated carbocycles. The van der Waals surface area contributed by atoms with Crippen LogP contribution in [0.3, 0.4) is 0 Å². The monoisotopic (exact) mass is 416 g/mol. The lowest BCUT2D eigenvalue weighted by atomic mass is 9.84. The Bertz CT molecular complexity index is 797. The summed E-state index contributed by atoms with van der Waals surface area (Å²) in [4.78, 5) is 12.9. The number of halogens is 1. The van der Waals surface area contributed by atoms with Crippen molar-refractivity contribution in [1.29, 1.82) is 0 Å². The summed E-state index contributed by atoms with van der Waals surface area (Å²) in [5.74, 6) is 0. The van der Waals surface area contributed by atoms with Gasteiger partial charge in [-0.15, -0.1) is 0 Å². The van der Waals surface area contributed by atoms with E-state index in [9.17, 15) is 15.2 Å². The zero-order valence-corrected chi connectivity index (χ0v) is 15.9. The molecule has 0 aromatic heterocycles. The minimum atomic E-state index is -0.779. The van der Waals surface area contributed by atoms with Gasteiger partial charge in [0.1, 0.15) is 0 Å². The highest BCUT2D eigenvalue weighted by Gasteiger charge is 2.33. The van der Waals surface area contributed by atoms with Crippen LogP contribution in [0.4, 0.5) is 5.69 Å². The van der Waals surface area contributed by atoms with E-state index >= 15 is 0 Å². The minimum absolute atomic E-state index is 0.118. The predicted molar refractivity (Wildman–Crippen MR) is 106 cm³/mol. The zero-order valence-electron chi connectivity index (χ0n) is 14.3. The number of likely N-dealkylation sites (tertiary alicyclic amines) is 1. The fraction of sp³-hybridized carbons (Fsp3) is 0.300. The van der Waals surface area contributed by atoms with Crippen molar-refractivity contribution in [3.63, 3.8) is 0 Å². The van der Waals surface area contributed by atoms with Crippen molar-refractivity contribution in [2.45, 2.75) is 18.4 Å². The Morgan fingerprint density at radius 3 is 2.46 bits per heavy atom. The third kappa shape index (κ3) is 4.38. The molecule has 3 rings (SSSR count). The number of para-hydroxylation sites is 1. The molecule has 0 amide bonds. The largest absolute Gasteiger partial charge is 0.385 e. The quantitative estimate of drug-likeness (QED) is 0.580. The highest BCUT2D eigenvalue weighted by molar-refractivity contribution is 9.10. The fourth-order valence-electron chi connectivity index (χ4n) is 3.28. The van der Waals surface area contributed by atoms with Crippen molar-refractivity contribution in [3.05, 3.63) is 80.3 Å². The van der Waals surface area contributed by atoms with Crippen LogP contribution < -0.4 is 0 Å². The number of nitro benzene ring substituents is 1. The number of aliphatic hydroxyl groups is 1. The van der Waals surface area contributed by atoms with Crippen molar-refractivity contribution in [2.24, 2.45) is 0 Å². The second-order valence-electron chi connectivity index (χ2n) is 6.56. The standard InChI is InChI=1S/C20H21BrN2O3/c21-18-9-7-17(8-10-18)20(24)11-14-22(15-12-20)13-3-5-16-4-1-2-6-19(16)23(25)26/h1-10,24H,11-15H2/b5-3+. The first-order valence-corrected chi connectivity index (χ1v) is 9.38. The second kappa shape index (κ2) is 8.12. The predicted octanol–water partition coefficient (Wildman–Crippen LogP) is 4.35. The van der Waals surface area contributed by atoms with Gasteiger partial charge in [-0.2, -0.15) is 0 Å². The maximum Gasteiger partial charge on any atom is 0.276 e. The van der Waals surface area contributed by atoms with Crippen LogP contribution in [0.15, 0.2) is 59.1 Å². The maximum absolute atomic E-state index is 11.0. The lowest BCUT2D eigenvalue weighted by Crippen LogP contribution is -2.42. The summed E-state index contributed by atoms with van der Waals surface area (Å²) >= 11 is 3.42. The number of nitrogens with zero attached hydrogens (tertiary/aromatic N) is 2. The molecule has 1 saturated heterocycles. The maximum atomic E-state index is 11.0. The molecule has 1 N–H and O–H groups in total. The van der Waals surface area contributed by atoms with E-state index in [0.29, 0.717) is 24.9 Å². The average Bonchev–Trinajstić information content (AvgIpc) is 2.64. The lowest BCUT2D eigenvalue weighted by molar-refractivity contribution is -0.385. The van der Waals surface area contributed by atoms with Gasteiger partial charge in [0, 0.05) is 30.2 Å². The summed E-state index contributed by atoms with van der Waals surface area (Å²) in [5, 5.41) is 22.0. The molecule has 1 aliphatic heterocycles. The van der Waals surface area contributed by atoms with E-state index in [-0.39, 0.29) is 10.6 Å². The molecule has 0 unspecified atom stereocenters. The first kappa shape index (κ1) is 18.8. The molecular formula is C20H21BrN2O3. The van der Waals surface area contributed by atoms with Crippen molar-refractivity contribution < 1.29 is 10.0 Å². The Balaban J connectivity index is 1.58. The van der Waals surface area contributed by atoms with Gasteiger partial charge in [-0.1, -0.05) is 52.3 Å². The number of nitro groups is 1. The molecule has 2 aromatic rings. The number of hydrogen-bond acceptors (Lipinski definition) is 4. The van der Waals surface area contributed by atoms with E-state index in [4.69, 9.17) is 0 Å². The highest BCUT2D eigenvalue weighted by atomic mass is 79.9. The zero-order chi connectivity index (χ0) is 18.6. The highest BCUT2D eigenvalue weighted by Crippen LogP contribution is 2.33. The van der Waals surface area contributed by atoms with Crippen LogP contribution in [0.25, 0.3) is 6.08 Å². The van der Waals surface area contributed by atoms with Crippen LogP contribution >= 0.6 is 15.9 Å². The van der Waals surface area contributed by atoms with Crippen molar-refractivity contribution >= 4 is 27.7 Å². The van der Waals surface area contributed by atoms with Crippen LogP contribution in [0.2, 0.25) is 0 Å². The van der Waals surface area contributed by atoms with E-state index in [1.54, 1.807) is 24.3 Å². The SMILES string of the molecule is O=[N+]([O-])c1ccccc1/C=C/CN1CCC(O)(c2ccc(Br)cc2)CC1. The van der Waals surface area contributed by atoms with E-state index in [0.717, 1.165) is 23.1 Å². The Morgan fingerprint density at radius 2 is 1.81 bits per heavy atom. The van der Waals surface area contributed by atoms with Gasteiger partial charge in [0.15, 0.2) is 0 Å². The van der Waals surface area contributed by atoms with Gasteiger partial charge in [-0.3, -0.25) is 15.0 Å². The molecule has 0 radical (unpaired) electrons. The molecule has 136 valence electrons. The molecule has 26 heavy (non-hydrogen) atoms. The van der Waals surface area contributed by atoms with E-state index in [2.05, 4.69) is 20.8 Å². The van der Waals surface area contributed by atoms with E-state index in [1.807, 2.05) is 30.3 Å². The molecule has 0 bridgehead atoms. The van der Waals surface area contributed by atoms with Crippen LogP contribution in [-0.2, 0) is 5.60 Å². The molecule has 0 aliphatic carbocycles. The molecule has 1 aliphatic rings. The molecule has 1 fully saturated rings. The third-order valence-corrected chi connectivity index (χ3v) is 5.39. The Hall–Kier alpha value is -2.02. The molecule has 5 nitrogen and oxygen atoms in total. The molecule has 0 atom stereocenters. The molecule has 6 heteroatoms. The minimum Gasteiger partial charge on any atom is -0.385 e. The summed E-state index contributed by atoms with van der Waals surface area (Å²) in [6, 6.07) is 14.6. The smallest absolute Gasteiger partial charge is 0.276 e. The number of benzene rings is 2. The summed E-state index contributed by atoms with van der Waals surface area (Å²) in [7, 11) is 0. The van der Waals surface area contributed by atoms with Crippen LogP contribution in [0.1, 0.15) is 24.0 Å². The summed E-state index contributed by atoms with van der Waals surface area (Å²) in [5.41, 5.74) is 0.905. The fourth-order valence-corrected chi connectivity index (χ4v) is 3.54. The molecule has 1 heterocycles. The average molecular weight is 417 g/mol. The Morgan fingerprint density at radius 1 is 1.15 bits per heavy atom. The van der Waals surface area contributed by atoms with Crippen LogP contribution in [-0.4, -0.2) is 34.6 Å². The van der Waals surface area contributed by atoms with E-state index < -0.39 is 5.60 Å². The first-order valence-electron chi connectivity index (χ1n) is 8.59. The number of piperidine rings is 1. The normalized spacial score (nSPS) is 17.5. The topological polar surface area (TPSA) is 66.6 Å². The Labute approximate surface area is 161 Å². The van der Waals surface area contributed by atoms with E-state index in [1.165, 1.54) is 6.07 Å². The van der Waals surface area contributed by atoms with Crippen molar-refractivity contribution in [1.82, 2.24) is 4.90 Å². The Kier molecular flexibility index (Phi) is 5.86. The van der Waals surface area contributed by atoms with Gasteiger partial charge in [-0.25, -0.2) is 0 Å². The van der Waals surface area contributed by atoms with Gasteiger partial charge in [0.05, 0.1) is 16.1 Å². The first-order chi connectivity index (χ1) is 12.5. The molecule has 2 aromatic carbocycles. The van der Waals surface area contributed by atoms with Gasteiger partial charge in [0.25, 0.3) is 5.69 Å². The van der Waals surface area contributed by atoms with Crippen molar-refractivity contribution in [3.8, 4) is 0 Å². The number of rotatable bonds is 5. The lowest BCUT2D eigenvalue weighted by Gasteiger charge is -2.38.